The number of nitrogens with zero attached hydrogens (tertiary/aromatic N) is 1. The molecule has 0 atom stereocenters. The van der Waals surface area contributed by atoms with Crippen molar-refractivity contribution in [2.75, 3.05) is 19.6 Å². The van der Waals surface area contributed by atoms with Gasteiger partial charge in [0.25, 0.3) is 11.5 Å². The van der Waals surface area contributed by atoms with Gasteiger partial charge in [-0.25, -0.2) is 0 Å². The standard InChI is InChI=1S/C13H16N4O2/c1-17-7-10(9-2-3-15-11(9)13(17)19)12(18)16-6-8-4-14-5-8/h2-3,7-8,14-15H,4-6H2,1H3,(H,16,18). The van der Waals surface area contributed by atoms with Gasteiger partial charge in [-0.2, -0.15) is 0 Å². The van der Waals surface area contributed by atoms with Crippen LogP contribution in [0.5, 0.6) is 0 Å². The lowest BCUT2D eigenvalue weighted by Crippen LogP contribution is -2.48. The number of aryl methyl sites for hydroxylation is 1. The highest BCUT2D eigenvalue weighted by atomic mass is 16.2. The molecule has 0 bridgehead atoms. The van der Waals surface area contributed by atoms with Crippen LogP contribution >= 0.6 is 0 Å². The Labute approximate surface area is 109 Å². The van der Waals surface area contributed by atoms with Crippen LogP contribution in [0.15, 0.2) is 23.3 Å². The predicted molar refractivity (Wildman–Crippen MR) is 72.2 cm³/mol. The second-order valence-corrected chi connectivity index (χ2v) is 4.96. The highest BCUT2D eigenvalue weighted by Gasteiger charge is 2.19. The molecule has 0 aromatic carbocycles. The fourth-order valence-corrected chi connectivity index (χ4v) is 2.27. The molecule has 3 N–H and O–H groups in total. The van der Waals surface area contributed by atoms with Gasteiger partial charge in [-0.1, -0.05) is 0 Å². The minimum atomic E-state index is -0.132. The van der Waals surface area contributed by atoms with E-state index in [1.165, 1.54) is 4.57 Å². The van der Waals surface area contributed by atoms with E-state index in [0.29, 0.717) is 28.9 Å². The smallest absolute Gasteiger partial charge is 0.274 e. The van der Waals surface area contributed by atoms with E-state index in [1.54, 1.807) is 25.5 Å². The van der Waals surface area contributed by atoms with Crippen LogP contribution in [0.3, 0.4) is 0 Å². The van der Waals surface area contributed by atoms with Crippen LogP contribution < -0.4 is 16.2 Å². The van der Waals surface area contributed by atoms with E-state index in [0.717, 1.165) is 13.1 Å². The highest BCUT2D eigenvalue weighted by Crippen LogP contribution is 2.14. The molecule has 100 valence electrons. The average Bonchev–Trinajstić information content (AvgIpc) is 2.81. The van der Waals surface area contributed by atoms with Crippen molar-refractivity contribution in [1.29, 1.82) is 0 Å². The van der Waals surface area contributed by atoms with Crippen molar-refractivity contribution >= 4 is 16.8 Å². The van der Waals surface area contributed by atoms with Crippen molar-refractivity contribution in [2.24, 2.45) is 13.0 Å². The molecule has 6 heteroatoms. The molecular formula is C13H16N4O2. The molecule has 1 aliphatic heterocycles. The second-order valence-electron chi connectivity index (χ2n) is 4.96. The number of aromatic nitrogens is 2. The third-order valence-electron chi connectivity index (χ3n) is 3.56. The molecule has 0 saturated carbocycles. The summed E-state index contributed by atoms with van der Waals surface area (Å²) in [5.74, 6) is 0.380. The Morgan fingerprint density at radius 1 is 1.53 bits per heavy atom. The van der Waals surface area contributed by atoms with E-state index in [4.69, 9.17) is 0 Å². The molecule has 3 rings (SSSR count). The maximum Gasteiger partial charge on any atom is 0.274 e. The zero-order valence-corrected chi connectivity index (χ0v) is 10.7. The first-order valence-electron chi connectivity index (χ1n) is 6.32. The maximum absolute atomic E-state index is 12.2. The number of nitrogens with one attached hydrogen (secondary N) is 3. The minimum Gasteiger partial charge on any atom is -0.357 e. The highest BCUT2D eigenvalue weighted by molar-refractivity contribution is 6.05. The third kappa shape index (κ3) is 2.04. The molecule has 1 amide bonds. The lowest BCUT2D eigenvalue weighted by atomic mass is 10.0. The minimum absolute atomic E-state index is 0.125. The molecule has 19 heavy (non-hydrogen) atoms. The number of carbonyl (C=O) groups excluding carboxylic acids is 1. The van der Waals surface area contributed by atoms with Gasteiger partial charge in [-0.3, -0.25) is 9.59 Å². The van der Waals surface area contributed by atoms with Gasteiger partial charge in [-0.05, 0) is 6.07 Å². The first-order chi connectivity index (χ1) is 9.16. The number of aromatic amines is 1. The van der Waals surface area contributed by atoms with E-state index >= 15 is 0 Å². The van der Waals surface area contributed by atoms with Crippen molar-refractivity contribution in [3.63, 3.8) is 0 Å². The molecule has 3 heterocycles. The van der Waals surface area contributed by atoms with Gasteiger partial charge in [0, 0.05) is 50.4 Å². The van der Waals surface area contributed by atoms with E-state index in [1.807, 2.05) is 0 Å². The lowest BCUT2D eigenvalue weighted by Gasteiger charge is -2.27. The number of rotatable bonds is 3. The number of fused-ring (bicyclic) bond motifs is 1. The quantitative estimate of drug-likeness (QED) is 0.716. The summed E-state index contributed by atoms with van der Waals surface area (Å²) in [6.45, 7) is 2.57. The summed E-state index contributed by atoms with van der Waals surface area (Å²) in [7, 11) is 1.65. The topological polar surface area (TPSA) is 78.9 Å². The predicted octanol–water partition coefficient (Wildman–Crippen LogP) is -0.184. The van der Waals surface area contributed by atoms with Gasteiger partial charge in [0.2, 0.25) is 0 Å². The SMILES string of the molecule is Cn1cc(C(=O)NCC2CNC2)c2cc[nH]c2c1=O. The molecule has 1 saturated heterocycles. The van der Waals surface area contributed by atoms with Crippen LogP contribution in [-0.4, -0.2) is 35.1 Å². The monoisotopic (exact) mass is 260 g/mol. The fourth-order valence-electron chi connectivity index (χ4n) is 2.27. The molecule has 1 aliphatic rings. The molecule has 6 nitrogen and oxygen atoms in total. The number of amides is 1. The zero-order valence-electron chi connectivity index (χ0n) is 10.7. The summed E-state index contributed by atoms with van der Waals surface area (Å²) in [6, 6.07) is 1.76. The zero-order chi connectivity index (χ0) is 13.4. The van der Waals surface area contributed by atoms with Gasteiger partial charge < -0.3 is 20.2 Å². The summed E-state index contributed by atoms with van der Waals surface area (Å²) in [6.07, 6.45) is 3.27. The Morgan fingerprint density at radius 3 is 3.00 bits per heavy atom. The molecule has 1 fully saturated rings. The van der Waals surface area contributed by atoms with Crippen molar-refractivity contribution in [3.8, 4) is 0 Å². The fraction of sp³-hybridized carbons (Fsp3) is 0.385. The largest absolute Gasteiger partial charge is 0.357 e. The van der Waals surface area contributed by atoms with Crippen LogP contribution in [0.1, 0.15) is 10.4 Å². The van der Waals surface area contributed by atoms with Crippen LogP contribution in [-0.2, 0) is 7.05 Å². The Balaban J connectivity index is 1.90. The summed E-state index contributed by atoms with van der Waals surface area (Å²) in [5, 5.41) is 6.76. The summed E-state index contributed by atoms with van der Waals surface area (Å²) < 4.78 is 1.43. The van der Waals surface area contributed by atoms with Crippen LogP contribution in [0.25, 0.3) is 10.9 Å². The average molecular weight is 260 g/mol. The molecule has 0 radical (unpaired) electrons. The van der Waals surface area contributed by atoms with Gasteiger partial charge >= 0.3 is 0 Å². The Bertz CT molecular complexity index is 681. The third-order valence-corrected chi connectivity index (χ3v) is 3.56. The number of carbonyl (C=O) groups is 1. The summed E-state index contributed by atoms with van der Waals surface area (Å²) >= 11 is 0. The second kappa shape index (κ2) is 4.55. The number of H-pyrrole nitrogens is 1. The maximum atomic E-state index is 12.2. The van der Waals surface area contributed by atoms with Crippen molar-refractivity contribution in [2.45, 2.75) is 0 Å². The van der Waals surface area contributed by atoms with Gasteiger partial charge in [-0.15, -0.1) is 0 Å². The van der Waals surface area contributed by atoms with Crippen LogP contribution in [0.4, 0.5) is 0 Å². The molecular weight excluding hydrogens is 244 g/mol. The first-order valence-corrected chi connectivity index (χ1v) is 6.32. The number of pyridine rings is 1. The van der Waals surface area contributed by atoms with Gasteiger partial charge in [0.1, 0.15) is 5.52 Å². The Hall–Kier alpha value is -2.08. The Morgan fingerprint density at radius 2 is 2.32 bits per heavy atom. The van der Waals surface area contributed by atoms with Crippen molar-refractivity contribution < 1.29 is 4.79 Å². The molecule has 2 aromatic rings. The van der Waals surface area contributed by atoms with E-state index in [2.05, 4.69) is 15.6 Å². The lowest BCUT2D eigenvalue weighted by molar-refractivity contribution is 0.0943. The molecule has 0 spiro atoms. The number of hydrogen-bond acceptors (Lipinski definition) is 3. The van der Waals surface area contributed by atoms with E-state index in [-0.39, 0.29) is 11.5 Å². The molecule has 0 aliphatic carbocycles. The Kier molecular flexibility index (Phi) is 2.87. The van der Waals surface area contributed by atoms with Crippen molar-refractivity contribution in [1.82, 2.24) is 20.2 Å². The van der Waals surface area contributed by atoms with Crippen molar-refractivity contribution in [3.05, 3.63) is 34.4 Å². The van der Waals surface area contributed by atoms with Gasteiger partial charge in [0.05, 0.1) is 5.56 Å². The van der Waals surface area contributed by atoms with Crippen LogP contribution in [0.2, 0.25) is 0 Å². The summed E-state index contributed by atoms with van der Waals surface area (Å²) in [5.41, 5.74) is 0.880. The van der Waals surface area contributed by atoms with Crippen LogP contribution in [0, 0.1) is 5.92 Å². The number of hydrogen-bond donors (Lipinski definition) is 3. The van der Waals surface area contributed by atoms with Gasteiger partial charge in [0.15, 0.2) is 0 Å². The summed E-state index contributed by atoms with van der Waals surface area (Å²) in [4.78, 5) is 27.0. The van der Waals surface area contributed by atoms with E-state index in [9.17, 15) is 9.59 Å². The normalized spacial score (nSPS) is 15.4. The molecule has 0 unspecified atom stereocenters. The first kappa shape index (κ1) is 12.0. The van der Waals surface area contributed by atoms with E-state index < -0.39 is 0 Å². The molecule has 2 aromatic heterocycles.